The second kappa shape index (κ2) is 7.56. The van der Waals surface area contributed by atoms with Gasteiger partial charge in [0.2, 0.25) is 0 Å². The molecule has 0 bridgehead atoms. The molecular weight excluding hydrogens is 410 g/mol. The normalized spacial score (nSPS) is 13.8. The predicted molar refractivity (Wildman–Crippen MR) is 121 cm³/mol. The fourth-order valence-electron chi connectivity index (χ4n) is 3.98. The number of hydrogen-bond donors (Lipinski definition) is 1. The van der Waals surface area contributed by atoms with E-state index in [0.29, 0.717) is 17.2 Å². The molecule has 1 saturated heterocycles. The molecule has 32 heavy (non-hydrogen) atoms. The Bertz CT molecular complexity index is 1500. The zero-order valence-corrected chi connectivity index (χ0v) is 17.7. The predicted octanol–water partition coefficient (Wildman–Crippen LogP) is 1.43. The largest absolute Gasteiger partial charge is 0.354 e. The summed E-state index contributed by atoms with van der Waals surface area (Å²) in [5.74, 6) is 0.483. The van der Waals surface area contributed by atoms with Crippen molar-refractivity contribution in [2.75, 3.05) is 23.3 Å². The van der Waals surface area contributed by atoms with Gasteiger partial charge in [0.15, 0.2) is 11.6 Å². The van der Waals surface area contributed by atoms with Crippen LogP contribution in [0.5, 0.6) is 0 Å². The number of amides is 1. The van der Waals surface area contributed by atoms with Crippen LogP contribution in [0.1, 0.15) is 23.3 Å². The van der Waals surface area contributed by atoms with Gasteiger partial charge in [0.25, 0.3) is 11.5 Å². The SMILES string of the molecule is Cn1c(=O)c2ccc(C(=O)Nc3nc4ccccc4nc3N3CCCC3)nc2n(C)c1=O. The summed E-state index contributed by atoms with van der Waals surface area (Å²) in [5.41, 5.74) is 0.673. The first-order chi connectivity index (χ1) is 15.4. The van der Waals surface area contributed by atoms with E-state index in [1.807, 2.05) is 24.3 Å². The lowest BCUT2D eigenvalue weighted by molar-refractivity contribution is 0.102. The molecule has 1 aromatic carbocycles. The Balaban J connectivity index is 1.57. The minimum absolute atomic E-state index is 0.0723. The van der Waals surface area contributed by atoms with E-state index in [0.717, 1.165) is 36.0 Å². The standard InChI is InChI=1S/C22H21N7O3/c1-27-18-13(21(31)28(2)22(27)32)9-10-16(25-18)20(30)26-17-19(29-11-5-6-12-29)24-15-8-4-3-7-14(15)23-17/h3-4,7-10H,5-6,11-12H2,1-2H3,(H,23,26,30). The van der Waals surface area contributed by atoms with E-state index in [1.54, 1.807) is 0 Å². The third-order valence-corrected chi connectivity index (χ3v) is 5.72. The van der Waals surface area contributed by atoms with Crippen molar-refractivity contribution >= 4 is 39.6 Å². The second-order valence-electron chi connectivity index (χ2n) is 7.81. The van der Waals surface area contributed by atoms with Crippen LogP contribution in [-0.4, -0.2) is 43.1 Å². The molecule has 0 spiro atoms. The number of benzene rings is 1. The number of nitrogens with zero attached hydrogens (tertiary/aromatic N) is 6. The van der Waals surface area contributed by atoms with Crippen LogP contribution >= 0.6 is 0 Å². The Morgan fingerprint density at radius 3 is 2.31 bits per heavy atom. The van der Waals surface area contributed by atoms with Gasteiger partial charge in [0, 0.05) is 27.2 Å². The van der Waals surface area contributed by atoms with E-state index in [4.69, 9.17) is 4.98 Å². The van der Waals surface area contributed by atoms with Gasteiger partial charge in [-0.3, -0.25) is 18.7 Å². The van der Waals surface area contributed by atoms with Crippen LogP contribution < -0.4 is 21.5 Å². The van der Waals surface area contributed by atoms with Crippen molar-refractivity contribution in [1.29, 1.82) is 0 Å². The summed E-state index contributed by atoms with van der Waals surface area (Å²) < 4.78 is 2.26. The van der Waals surface area contributed by atoms with Crippen molar-refractivity contribution in [2.24, 2.45) is 14.1 Å². The fraction of sp³-hybridized carbons (Fsp3) is 0.273. The lowest BCUT2D eigenvalue weighted by Crippen LogP contribution is -2.37. The number of hydrogen-bond acceptors (Lipinski definition) is 7. The number of para-hydroxylation sites is 2. The molecule has 162 valence electrons. The number of carbonyl (C=O) groups is 1. The molecular formula is C22H21N7O3. The van der Waals surface area contributed by atoms with Crippen molar-refractivity contribution in [3.63, 3.8) is 0 Å². The van der Waals surface area contributed by atoms with Crippen molar-refractivity contribution in [3.8, 4) is 0 Å². The summed E-state index contributed by atoms with van der Waals surface area (Å²) in [6, 6.07) is 10.5. The second-order valence-corrected chi connectivity index (χ2v) is 7.81. The first-order valence-corrected chi connectivity index (χ1v) is 10.3. The van der Waals surface area contributed by atoms with Crippen molar-refractivity contribution in [1.82, 2.24) is 24.1 Å². The number of aromatic nitrogens is 5. The average molecular weight is 431 g/mol. The summed E-state index contributed by atoms with van der Waals surface area (Å²) in [6.45, 7) is 1.69. The average Bonchev–Trinajstić information content (AvgIpc) is 3.35. The number of rotatable bonds is 3. The fourth-order valence-corrected chi connectivity index (χ4v) is 3.98. The number of aryl methyl sites for hydroxylation is 1. The summed E-state index contributed by atoms with van der Waals surface area (Å²) in [7, 11) is 2.92. The van der Waals surface area contributed by atoms with Gasteiger partial charge < -0.3 is 10.2 Å². The van der Waals surface area contributed by atoms with Crippen LogP contribution in [0, 0.1) is 0 Å². The van der Waals surface area contributed by atoms with E-state index in [-0.39, 0.29) is 16.7 Å². The summed E-state index contributed by atoms with van der Waals surface area (Å²) in [5, 5.41) is 3.09. The molecule has 10 nitrogen and oxygen atoms in total. The van der Waals surface area contributed by atoms with Crippen LogP contribution in [0.15, 0.2) is 46.0 Å². The van der Waals surface area contributed by atoms with Gasteiger partial charge in [-0.1, -0.05) is 12.1 Å². The molecule has 0 saturated carbocycles. The number of fused-ring (bicyclic) bond motifs is 2. The third-order valence-electron chi connectivity index (χ3n) is 5.72. The Kier molecular flexibility index (Phi) is 4.69. The Hall–Kier alpha value is -4.08. The molecule has 4 aromatic rings. The van der Waals surface area contributed by atoms with Gasteiger partial charge >= 0.3 is 5.69 Å². The van der Waals surface area contributed by atoms with Gasteiger partial charge in [0.05, 0.1) is 16.4 Å². The molecule has 1 fully saturated rings. The Morgan fingerprint density at radius 2 is 1.59 bits per heavy atom. The highest BCUT2D eigenvalue weighted by molar-refractivity contribution is 6.05. The van der Waals surface area contributed by atoms with E-state index in [9.17, 15) is 14.4 Å². The lowest BCUT2D eigenvalue weighted by atomic mass is 10.2. The minimum atomic E-state index is -0.510. The van der Waals surface area contributed by atoms with Crippen molar-refractivity contribution in [3.05, 3.63) is 62.9 Å². The smallest absolute Gasteiger partial charge is 0.332 e. The first-order valence-electron chi connectivity index (χ1n) is 10.3. The van der Waals surface area contributed by atoms with E-state index in [2.05, 4.69) is 20.2 Å². The molecule has 1 amide bonds. The summed E-state index contributed by atoms with van der Waals surface area (Å²) in [4.78, 5) is 53.5. The molecule has 0 atom stereocenters. The maximum atomic E-state index is 13.1. The van der Waals surface area contributed by atoms with Crippen molar-refractivity contribution < 1.29 is 4.79 Å². The number of nitrogens with one attached hydrogen (secondary N) is 1. The van der Waals surface area contributed by atoms with Gasteiger partial charge in [0.1, 0.15) is 11.3 Å². The van der Waals surface area contributed by atoms with E-state index in [1.165, 1.54) is 30.8 Å². The molecule has 1 aliphatic heterocycles. The third kappa shape index (κ3) is 3.20. The van der Waals surface area contributed by atoms with Crippen LogP contribution in [0.25, 0.3) is 22.1 Å². The van der Waals surface area contributed by atoms with Crippen LogP contribution in [0.3, 0.4) is 0 Å². The van der Waals surface area contributed by atoms with Crippen LogP contribution in [0.2, 0.25) is 0 Å². The van der Waals surface area contributed by atoms with Gasteiger partial charge in [-0.2, -0.15) is 0 Å². The van der Waals surface area contributed by atoms with Gasteiger partial charge in [-0.05, 0) is 37.1 Å². The molecule has 4 heterocycles. The maximum Gasteiger partial charge on any atom is 0.332 e. The molecule has 5 rings (SSSR count). The van der Waals surface area contributed by atoms with Crippen LogP contribution in [0.4, 0.5) is 11.6 Å². The van der Waals surface area contributed by atoms with E-state index >= 15 is 0 Å². The van der Waals surface area contributed by atoms with Crippen molar-refractivity contribution in [2.45, 2.75) is 12.8 Å². The number of carbonyl (C=O) groups excluding carboxylic acids is 1. The molecule has 1 N–H and O–H groups in total. The summed E-state index contributed by atoms with van der Waals surface area (Å²) >= 11 is 0. The molecule has 1 aliphatic rings. The van der Waals surface area contributed by atoms with Gasteiger partial charge in [-0.15, -0.1) is 0 Å². The molecule has 3 aromatic heterocycles. The Labute approximate surface area is 182 Å². The number of anilines is 2. The topological polar surface area (TPSA) is 115 Å². The minimum Gasteiger partial charge on any atom is -0.354 e. The highest BCUT2D eigenvalue weighted by atomic mass is 16.2. The highest BCUT2D eigenvalue weighted by Gasteiger charge is 2.22. The van der Waals surface area contributed by atoms with Crippen LogP contribution in [-0.2, 0) is 14.1 Å². The zero-order chi connectivity index (χ0) is 22.4. The van der Waals surface area contributed by atoms with E-state index < -0.39 is 17.2 Å². The summed E-state index contributed by atoms with van der Waals surface area (Å²) in [6.07, 6.45) is 2.11. The monoisotopic (exact) mass is 431 g/mol. The maximum absolute atomic E-state index is 13.1. The molecule has 0 aliphatic carbocycles. The number of pyridine rings is 1. The van der Waals surface area contributed by atoms with Gasteiger partial charge in [-0.25, -0.2) is 19.7 Å². The zero-order valence-electron chi connectivity index (χ0n) is 17.7. The molecule has 10 heteroatoms. The highest BCUT2D eigenvalue weighted by Crippen LogP contribution is 2.28. The first kappa shape index (κ1) is 19.9. The Morgan fingerprint density at radius 1 is 0.906 bits per heavy atom. The molecule has 0 radical (unpaired) electrons. The quantitative estimate of drug-likeness (QED) is 0.522. The lowest BCUT2D eigenvalue weighted by Gasteiger charge is -2.20. The molecule has 0 unspecified atom stereocenters.